The van der Waals surface area contributed by atoms with Crippen molar-refractivity contribution in [2.24, 2.45) is 5.92 Å². The molecule has 0 aliphatic carbocycles. The Balaban J connectivity index is 2.28. The first-order chi connectivity index (χ1) is 10.2. The maximum absolute atomic E-state index is 12.4. The summed E-state index contributed by atoms with van der Waals surface area (Å²) in [7, 11) is 0. The molecule has 1 unspecified atom stereocenters. The fourth-order valence-electron chi connectivity index (χ4n) is 2.22. The van der Waals surface area contributed by atoms with E-state index < -0.39 is 17.6 Å². The van der Waals surface area contributed by atoms with Gasteiger partial charge < -0.3 is 9.47 Å². The summed E-state index contributed by atoms with van der Waals surface area (Å²) in [5.41, 5.74) is -0.620. The Morgan fingerprint density at radius 3 is 2.68 bits per heavy atom. The summed E-state index contributed by atoms with van der Waals surface area (Å²) in [5, 5.41) is 4.19. The number of ether oxygens (including phenoxy) is 2. The van der Waals surface area contributed by atoms with Crippen LogP contribution in [-0.2, 0) is 20.8 Å². The molecule has 0 spiro atoms. The number of amides is 1. The monoisotopic (exact) mass is 373 g/mol. The van der Waals surface area contributed by atoms with Gasteiger partial charge in [0.15, 0.2) is 5.82 Å². The van der Waals surface area contributed by atoms with Gasteiger partial charge in [-0.2, -0.15) is 5.10 Å². The lowest BCUT2D eigenvalue weighted by Gasteiger charge is -2.33. The van der Waals surface area contributed by atoms with Crippen LogP contribution in [0.25, 0.3) is 0 Å². The molecule has 0 N–H and O–H groups in total. The van der Waals surface area contributed by atoms with E-state index in [0.29, 0.717) is 23.4 Å². The van der Waals surface area contributed by atoms with E-state index in [2.05, 4.69) is 21.0 Å². The van der Waals surface area contributed by atoms with Crippen molar-refractivity contribution in [1.82, 2.24) is 9.78 Å². The number of hydrogen-bond acceptors (Lipinski definition) is 5. The van der Waals surface area contributed by atoms with Crippen LogP contribution >= 0.6 is 15.9 Å². The molecule has 0 bridgehead atoms. The largest absolute Gasteiger partial charge is 0.466 e. The number of hydrogen-bond donors (Lipinski definition) is 0. The molecular formula is C14H20BrN3O4. The van der Waals surface area contributed by atoms with Gasteiger partial charge in [0.1, 0.15) is 5.60 Å². The average Bonchev–Trinajstić information content (AvgIpc) is 2.78. The summed E-state index contributed by atoms with van der Waals surface area (Å²) < 4.78 is 12.8. The van der Waals surface area contributed by atoms with Crippen molar-refractivity contribution in [3.05, 3.63) is 10.7 Å². The van der Waals surface area contributed by atoms with E-state index in [1.807, 2.05) is 0 Å². The molecule has 22 heavy (non-hydrogen) atoms. The predicted octanol–water partition coefficient (Wildman–Crippen LogP) is 2.58. The molecule has 2 heterocycles. The van der Waals surface area contributed by atoms with Gasteiger partial charge in [-0.25, -0.2) is 9.48 Å². The molecule has 0 saturated heterocycles. The van der Waals surface area contributed by atoms with E-state index in [1.165, 1.54) is 4.90 Å². The number of anilines is 1. The zero-order valence-corrected chi connectivity index (χ0v) is 14.7. The second-order valence-corrected chi connectivity index (χ2v) is 6.89. The van der Waals surface area contributed by atoms with Crippen molar-refractivity contribution >= 4 is 33.8 Å². The second-order valence-electron chi connectivity index (χ2n) is 6.04. The van der Waals surface area contributed by atoms with Crippen LogP contribution in [-0.4, -0.2) is 40.6 Å². The number of rotatable bonds is 2. The van der Waals surface area contributed by atoms with Crippen molar-refractivity contribution in [3.8, 4) is 0 Å². The Hall–Kier alpha value is -1.57. The quantitative estimate of drug-likeness (QED) is 0.744. The molecule has 8 heteroatoms. The molecule has 1 atom stereocenters. The number of fused-ring (bicyclic) bond motifs is 1. The molecule has 0 saturated carbocycles. The van der Waals surface area contributed by atoms with Gasteiger partial charge in [-0.15, -0.1) is 0 Å². The summed E-state index contributed by atoms with van der Waals surface area (Å²) in [6.07, 6.45) is 1.09. The van der Waals surface area contributed by atoms with Crippen LogP contribution in [0.2, 0.25) is 0 Å². The zero-order valence-electron chi connectivity index (χ0n) is 13.1. The van der Waals surface area contributed by atoms with Gasteiger partial charge in [0, 0.05) is 6.54 Å². The van der Waals surface area contributed by atoms with Crippen molar-refractivity contribution in [2.75, 3.05) is 18.1 Å². The number of nitrogens with zero attached hydrogens (tertiary/aromatic N) is 3. The third-order valence-corrected chi connectivity index (χ3v) is 3.61. The smallest absolute Gasteiger partial charge is 0.416 e. The minimum absolute atomic E-state index is 0.206. The Morgan fingerprint density at radius 1 is 1.41 bits per heavy atom. The number of aromatic nitrogens is 2. The average molecular weight is 374 g/mol. The Labute approximate surface area is 137 Å². The minimum atomic E-state index is -0.620. The van der Waals surface area contributed by atoms with Gasteiger partial charge >= 0.3 is 12.1 Å². The molecule has 2 rings (SSSR count). The summed E-state index contributed by atoms with van der Waals surface area (Å²) in [6.45, 7) is 8.02. The molecule has 0 fully saturated rings. The van der Waals surface area contributed by atoms with Crippen LogP contribution in [0.4, 0.5) is 10.6 Å². The summed E-state index contributed by atoms with van der Waals surface area (Å²) in [6, 6.07) is 0. The molecule has 1 aromatic heterocycles. The van der Waals surface area contributed by atoms with Crippen LogP contribution < -0.4 is 4.90 Å². The number of carbonyl (C=O) groups is 2. The first-order valence-electron chi connectivity index (χ1n) is 7.11. The molecule has 1 amide bonds. The lowest BCUT2D eigenvalue weighted by Crippen LogP contribution is -2.47. The van der Waals surface area contributed by atoms with E-state index in [1.54, 1.807) is 38.6 Å². The van der Waals surface area contributed by atoms with Crippen LogP contribution in [0, 0.1) is 5.92 Å². The zero-order chi connectivity index (χ0) is 16.5. The summed E-state index contributed by atoms with van der Waals surface area (Å²) in [4.78, 5) is 25.9. The fourth-order valence-corrected chi connectivity index (χ4v) is 2.73. The molecule has 0 aromatic carbocycles. The third-order valence-electron chi connectivity index (χ3n) is 3.05. The highest BCUT2D eigenvalue weighted by Crippen LogP contribution is 2.32. The molecular weight excluding hydrogens is 354 g/mol. The SMILES string of the molecule is CCOC(=O)C1CN(C(=O)OC(C)(C)C)c2c(Br)cnn2C1. The second kappa shape index (κ2) is 6.28. The van der Waals surface area contributed by atoms with E-state index in [4.69, 9.17) is 9.47 Å². The van der Waals surface area contributed by atoms with E-state index in [9.17, 15) is 9.59 Å². The molecule has 1 aliphatic heterocycles. The molecule has 1 aromatic rings. The third kappa shape index (κ3) is 3.60. The fraction of sp³-hybridized carbons (Fsp3) is 0.643. The van der Waals surface area contributed by atoms with Gasteiger partial charge in [0.05, 0.1) is 29.7 Å². The van der Waals surface area contributed by atoms with Crippen LogP contribution in [0.3, 0.4) is 0 Å². The van der Waals surface area contributed by atoms with Crippen molar-refractivity contribution in [3.63, 3.8) is 0 Å². The van der Waals surface area contributed by atoms with Gasteiger partial charge in [0.25, 0.3) is 0 Å². The first kappa shape index (κ1) is 16.8. The van der Waals surface area contributed by atoms with E-state index in [0.717, 1.165) is 0 Å². The number of halogens is 1. The number of carbonyl (C=O) groups excluding carboxylic acids is 2. The van der Waals surface area contributed by atoms with Crippen LogP contribution in [0.1, 0.15) is 27.7 Å². The van der Waals surface area contributed by atoms with E-state index in [-0.39, 0.29) is 12.5 Å². The lowest BCUT2D eigenvalue weighted by atomic mass is 10.1. The van der Waals surface area contributed by atoms with E-state index >= 15 is 0 Å². The Bertz CT molecular complexity index is 579. The molecule has 122 valence electrons. The molecule has 0 radical (unpaired) electrons. The Morgan fingerprint density at radius 2 is 2.09 bits per heavy atom. The predicted molar refractivity (Wildman–Crippen MR) is 83.6 cm³/mol. The van der Waals surface area contributed by atoms with Crippen molar-refractivity contribution in [2.45, 2.75) is 39.8 Å². The number of esters is 1. The summed E-state index contributed by atoms with van der Waals surface area (Å²) >= 11 is 3.38. The maximum atomic E-state index is 12.4. The van der Waals surface area contributed by atoms with Gasteiger partial charge in [0.2, 0.25) is 0 Å². The lowest BCUT2D eigenvalue weighted by molar-refractivity contribution is -0.148. The van der Waals surface area contributed by atoms with Gasteiger partial charge in [-0.1, -0.05) is 0 Å². The van der Waals surface area contributed by atoms with Crippen LogP contribution in [0.15, 0.2) is 10.7 Å². The van der Waals surface area contributed by atoms with Gasteiger partial charge in [-0.3, -0.25) is 9.69 Å². The minimum Gasteiger partial charge on any atom is -0.466 e. The normalized spacial score (nSPS) is 17.9. The highest BCUT2D eigenvalue weighted by molar-refractivity contribution is 9.10. The Kier molecular flexibility index (Phi) is 4.79. The highest BCUT2D eigenvalue weighted by Gasteiger charge is 2.37. The maximum Gasteiger partial charge on any atom is 0.416 e. The van der Waals surface area contributed by atoms with Gasteiger partial charge in [-0.05, 0) is 43.6 Å². The molecule has 1 aliphatic rings. The van der Waals surface area contributed by atoms with Crippen LogP contribution in [0.5, 0.6) is 0 Å². The topological polar surface area (TPSA) is 73.7 Å². The highest BCUT2D eigenvalue weighted by atomic mass is 79.9. The van der Waals surface area contributed by atoms with Crippen molar-refractivity contribution in [1.29, 1.82) is 0 Å². The summed E-state index contributed by atoms with van der Waals surface area (Å²) in [5.74, 6) is -0.213. The van der Waals surface area contributed by atoms with Crippen molar-refractivity contribution < 1.29 is 19.1 Å². The first-order valence-corrected chi connectivity index (χ1v) is 7.90. The standard InChI is InChI=1S/C14H20BrN3O4/c1-5-21-12(19)9-7-17(13(20)22-14(2,3)4)11-10(15)6-16-18(11)8-9/h6,9H,5,7-8H2,1-4H3. The molecule has 7 nitrogen and oxygen atoms in total.